The molecule has 0 spiro atoms. The minimum absolute atomic E-state index is 0.169. The summed E-state index contributed by atoms with van der Waals surface area (Å²) in [4.78, 5) is 11.0. The summed E-state index contributed by atoms with van der Waals surface area (Å²) in [7, 11) is 0. The molecule has 4 nitrogen and oxygen atoms in total. The SMILES string of the molecule is CC1(C)Cc2nc(N3CCN(C4CC4)CC3)sc2C(O)C1. The predicted molar refractivity (Wildman–Crippen MR) is 86.0 cm³/mol. The molecule has 21 heavy (non-hydrogen) atoms. The molecule has 1 saturated heterocycles. The highest BCUT2D eigenvalue weighted by Crippen LogP contribution is 2.44. The van der Waals surface area contributed by atoms with Crippen LogP contribution in [0.4, 0.5) is 5.13 Å². The van der Waals surface area contributed by atoms with Crippen LogP contribution in [-0.4, -0.2) is 47.2 Å². The van der Waals surface area contributed by atoms with Crippen molar-refractivity contribution in [2.24, 2.45) is 5.41 Å². The molecular weight excluding hydrogens is 282 g/mol. The highest BCUT2D eigenvalue weighted by Gasteiger charge is 2.36. The fraction of sp³-hybridized carbons (Fsp3) is 0.812. The van der Waals surface area contributed by atoms with Gasteiger partial charge in [0.25, 0.3) is 0 Å². The number of thiazole rings is 1. The lowest BCUT2D eigenvalue weighted by atomic mass is 9.77. The summed E-state index contributed by atoms with van der Waals surface area (Å²) < 4.78 is 0. The van der Waals surface area contributed by atoms with Crippen molar-refractivity contribution in [3.8, 4) is 0 Å². The lowest BCUT2D eigenvalue weighted by Gasteiger charge is -2.34. The van der Waals surface area contributed by atoms with Gasteiger partial charge in [0.05, 0.1) is 16.7 Å². The summed E-state index contributed by atoms with van der Waals surface area (Å²) >= 11 is 1.72. The molecule has 1 N–H and O–H groups in total. The smallest absolute Gasteiger partial charge is 0.185 e. The Morgan fingerprint density at radius 2 is 1.90 bits per heavy atom. The lowest BCUT2D eigenvalue weighted by Crippen LogP contribution is -2.47. The van der Waals surface area contributed by atoms with Crippen molar-refractivity contribution in [3.05, 3.63) is 10.6 Å². The van der Waals surface area contributed by atoms with E-state index in [0.29, 0.717) is 0 Å². The van der Waals surface area contributed by atoms with Gasteiger partial charge in [0, 0.05) is 32.2 Å². The van der Waals surface area contributed by atoms with Gasteiger partial charge in [0.2, 0.25) is 0 Å². The molecule has 3 aliphatic rings. The predicted octanol–water partition coefficient (Wildman–Crippen LogP) is 2.43. The van der Waals surface area contributed by atoms with Gasteiger partial charge < -0.3 is 10.0 Å². The Morgan fingerprint density at radius 1 is 1.19 bits per heavy atom. The van der Waals surface area contributed by atoms with Crippen molar-refractivity contribution in [2.75, 3.05) is 31.1 Å². The van der Waals surface area contributed by atoms with E-state index in [2.05, 4.69) is 23.6 Å². The number of piperazine rings is 1. The fourth-order valence-electron chi connectivity index (χ4n) is 3.73. The number of aromatic nitrogens is 1. The van der Waals surface area contributed by atoms with Gasteiger partial charge in [0.1, 0.15) is 0 Å². The fourth-order valence-corrected chi connectivity index (χ4v) is 4.85. The van der Waals surface area contributed by atoms with Crippen LogP contribution in [0.2, 0.25) is 0 Å². The first kappa shape index (κ1) is 14.0. The second-order valence-corrected chi connectivity index (χ2v) is 8.63. The van der Waals surface area contributed by atoms with Crippen LogP contribution < -0.4 is 4.90 Å². The van der Waals surface area contributed by atoms with Crippen LogP contribution >= 0.6 is 11.3 Å². The maximum atomic E-state index is 10.4. The Kier molecular flexibility index (Phi) is 3.28. The minimum Gasteiger partial charge on any atom is -0.387 e. The summed E-state index contributed by atoms with van der Waals surface area (Å²) in [5, 5.41) is 11.5. The molecule has 0 aromatic carbocycles. The Hall–Kier alpha value is -0.650. The summed E-state index contributed by atoms with van der Waals surface area (Å²) in [5.41, 5.74) is 1.31. The van der Waals surface area contributed by atoms with Crippen LogP contribution in [0.25, 0.3) is 0 Å². The summed E-state index contributed by atoms with van der Waals surface area (Å²) in [6, 6.07) is 0.874. The van der Waals surface area contributed by atoms with Crippen LogP contribution in [-0.2, 0) is 6.42 Å². The zero-order chi connectivity index (χ0) is 14.6. The van der Waals surface area contributed by atoms with Gasteiger partial charge in [-0.2, -0.15) is 0 Å². The first-order valence-electron chi connectivity index (χ1n) is 8.18. The molecule has 2 heterocycles. The quantitative estimate of drug-likeness (QED) is 0.911. The molecule has 5 heteroatoms. The molecular formula is C16H25N3OS. The largest absolute Gasteiger partial charge is 0.387 e. The number of hydrogen-bond acceptors (Lipinski definition) is 5. The van der Waals surface area contributed by atoms with Crippen LogP contribution in [0.15, 0.2) is 0 Å². The molecule has 1 aromatic heterocycles. The Labute approximate surface area is 130 Å². The number of rotatable bonds is 2. The molecule has 0 bridgehead atoms. The Bertz CT molecular complexity index is 530. The average Bonchev–Trinajstić information content (AvgIpc) is 3.18. The number of aliphatic hydroxyl groups excluding tert-OH is 1. The van der Waals surface area contributed by atoms with Crippen LogP contribution in [0.5, 0.6) is 0 Å². The van der Waals surface area contributed by atoms with Gasteiger partial charge in [-0.15, -0.1) is 0 Å². The average molecular weight is 307 g/mol. The normalized spacial score (nSPS) is 29.5. The van der Waals surface area contributed by atoms with E-state index in [0.717, 1.165) is 47.7 Å². The van der Waals surface area contributed by atoms with Crippen LogP contribution in [0.3, 0.4) is 0 Å². The van der Waals surface area contributed by atoms with Gasteiger partial charge in [-0.1, -0.05) is 25.2 Å². The van der Waals surface area contributed by atoms with Crippen LogP contribution in [0.1, 0.15) is 49.8 Å². The van der Waals surface area contributed by atoms with Gasteiger partial charge in [-0.25, -0.2) is 4.98 Å². The van der Waals surface area contributed by atoms with E-state index in [9.17, 15) is 5.11 Å². The summed E-state index contributed by atoms with van der Waals surface area (Å²) in [6.07, 6.45) is 4.33. The summed E-state index contributed by atoms with van der Waals surface area (Å²) in [6.45, 7) is 8.97. The van der Waals surface area contributed by atoms with Crippen molar-refractivity contribution in [3.63, 3.8) is 0 Å². The molecule has 1 atom stereocenters. The van der Waals surface area contributed by atoms with E-state index >= 15 is 0 Å². The molecule has 1 unspecified atom stereocenters. The highest BCUT2D eigenvalue weighted by molar-refractivity contribution is 7.15. The van der Waals surface area contributed by atoms with E-state index in [1.807, 2.05) is 0 Å². The third-order valence-electron chi connectivity index (χ3n) is 5.06. The van der Waals surface area contributed by atoms with E-state index in [1.54, 1.807) is 11.3 Å². The maximum absolute atomic E-state index is 10.4. The second-order valence-electron chi connectivity index (χ2n) is 7.62. The second kappa shape index (κ2) is 4.93. The minimum atomic E-state index is -0.317. The Morgan fingerprint density at radius 3 is 2.57 bits per heavy atom. The molecule has 0 radical (unpaired) electrons. The van der Waals surface area contributed by atoms with Crippen molar-refractivity contribution in [1.29, 1.82) is 0 Å². The Balaban J connectivity index is 1.49. The molecule has 4 rings (SSSR count). The molecule has 0 amide bonds. The lowest BCUT2D eigenvalue weighted by molar-refractivity contribution is 0.102. The standard InChI is InChI=1S/C16H25N3OS/c1-16(2)9-12-14(13(20)10-16)21-15(17-12)19-7-5-18(6-8-19)11-3-4-11/h11,13,20H,3-10H2,1-2H3. The third kappa shape index (κ3) is 2.71. The van der Waals surface area contributed by atoms with Crippen molar-refractivity contribution in [2.45, 2.75) is 51.7 Å². The monoisotopic (exact) mass is 307 g/mol. The van der Waals surface area contributed by atoms with Gasteiger partial charge in [-0.05, 0) is 31.1 Å². The first-order chi connectivity index (χ1) is 10.0. The van der Waals surface area contributed by atoms with Gasteiger partial charge >= 0.3 is 0 Å². The molecule has 2 aliphatic carbocycles. The molecule has 1 saturated carbocycles. The zero-order valence-electron chi connectivity index (χ0n) is 13.0. The number of anilines is 1. The maximum Gasteiger partial charge on any atom is 0.185 e. The topological polar surface area (TPSA) is 39.6 Å². The number of aliphatic hydroxyl groups is 1. The zero-order valence-corrected chi connectivity index (χ0v) is 13.8. The van der Waals surface area contributed by atoms with E-state index in [4.69, 9.17) is 4.98 Å². The number of nitrogens with zero attached hydrogens (tertiary/aromatic N) is 3. The van der Waals surface area contributed by atoms with Crippen molar-refractivity contribution >= 4 is 16.5 Å². The molecule has 1 aliphatic heterocycles. The van der Waals surface area contributed by atoms with E-state index in [1.165, 1.54) is 25.9 Å². The molecule has 1 aromatic rings. The van der Waals surface area contributed by atoms with E-state index < -0.39 is 0 Å². The number of fused-ring (bicyclic) bond motifs is 1. The molecule has 116 valence electrons. The number of hydrogen-bond donors (Lipinski definition) is 1. The van der Waals surface area contributed by atoms with E-state index in [-0.39, 0.29) is 11.5 Å². The summed E-state index contributed by atoms with van der Waals surface area (Å²) in [5.74, 6) is 0. The third-order valence-corrected chi connectivity index (χ3v) is 6.32. The van der Waals surface area contributed by atoms with Gasteiger partial charge in [0.15, 0.2) is 5.13 Å². The molecule has 2 fully saturated rings. The van der Waals surface area contributed by atoms with Crippen molar-refractivity contribution < 1.29 is 5.11 Å². The van der Waals surface area contributed by atoms with Crippen molar-refractivity contribution in [1.82, 2.24) is 9.88 Å². The first-order valence-corrected chi connectivity index (χ1v) is 9.00. The van der Waals surface area contributed by atoms with Gasteiger partial charge in [-0.3, -0.25) is 4.90 Å². The highest BCUT2D eigenvalue weighted by atomic mass is 32.1. The van der Waals surface area contributed by atoms with Crippen LogP contribution in [0, 0.1) is 5.41 Å².